The summed E-state index contributed by atoms with van der Waals surface area (Å²) in [4.78, 5) is 22.5. The van der Waals surface area contributed by atoms with Gasteiger partial charge >= 0.3 is 0 Å². The van der Waals surface area contributed by atoms with Gasteiger partial charge in [0, 0.05) is 31.0 Å². The summed E-state index contributed by atoms with van der Waals surface area (Å²) >= 11 is 0. The molecule has 6 rings (SSSR count). The number of ether oxygens (including phenoxy) is 1. The van der Waals surface area contributed by atoms with Gasteiger partial charge in [0.05, 0.1) is 7.11 Å². The van der Waals surface area contributed by atoms with Crippen molar-refractivity contribution in [2.45, 2.75) is 49.9 Å². The van der Waals surface area contributed by atoms with Gasteiger partial charge in [0.15, 0.2) is 5.82 Å². The molecule has 2 aliphatic rings. The number of methoxy groups -OCH3 is 1. The molecule has 1 aromatic heterocycles. The highest BCUT2D eigenvalue weighted by Gasteiger charge is 2.38. The Hall–Kier alpha value is -3.97. The Morgan fingerprint density at radius 1 is 0.905 bits per heavy atom. The van der Waals surface area contributed by atoms with Crippen molar-refractivity contribution in [3.05, 3.63) is 113 Å². The fraction of sp³-hybridized carbons (Fsp3) is 0.400. The van der Waals surface area contributed by atoms with Gasteiger partial charge in [-0.3, -0.25) is 4.79 Å². The van der Waals surface area contributed by atoms with Crippen LogP contribution in [-0.2, 0) is 11.8 Å². The molecule has 4 aromatic rings. The van der Waals surface area contributed by atoms with E-state index in [-0.39, 0.29) is 11.3 Å². The molecule has 0 spiro atoms. The number of aromatic nitrogens is 2. The van der Waals surface area contributed by atoms with Crippen molar-refractivity contribution < 1.29 is 14.1 Å². The highest BCUT2D eigenvalue weighted by atomic mass is 16.5. The number of benzene rings is 3. The predicted octanol–water partition coefficient (Wildman–Crippen LogP) is 6.11. The summed E-state index contributed by atoms with van der Waals surface area (Å²) in [5.74, 6) is 2.81. The molecule has 0 saturated carbocycles. The van der Waals surface area contributed by atoms with Gasteiger partial charge in [-0.15, -0.1) is 0 Å². The number of likely N-dealkylation sites (tertiary alicyclic amines) is 2. The third kappa shape index (κ3) is 6.41. The first-order chi connectivity index (χ1) is 20.6. The van der Waals surface area contributed by atoms with Gasteiger partial charge < -0.3 is 19.1 Å². The van der Waals surface area contributed by atoms with E-state index in [9.17, 15) is 4.79 Å². The van der Waals surface area contributed by atoms with E-state index >= 15 is 0 Å². The summed E-state index contributed by atoms with van der Waals surface area (Å²) < 4.78 is 11.0. The van der Waals surface area contributed by atoms with Gasteiger partial charge in [-0.05, 0) is 92.5 Å². The Morgan fingerprint density at radius 2 is 1.57 bits per heavy atom. The molecule has 218 valence electrons. The predicted molar refractivity (Wildman–Crippen MR) is 163 cm³/mol. The maximum Gasteiger partial charge on any atom is 0.253 e. The highest BCUT2D eigenvalue weighted by Crippen LogP contribution is 2.40. The lowest BCUT2D eigenvalue weighted by atomic mass is 9.70. The van der Waals surface area contributed by atoms with Gasteiger partial charge in [0.2, 0.25) is 5.89 Å². The zero-order chi connectivity index (χ0) is 28.8. The largest absolute Gasteiger partial charge is 0.497 e. The standard InChI is InChI=1S/C35H40N4O3/c1-41-31-14-12-27(13-15-31)26-32-36-33(42-37-32)28-16-21-38(22-17-28)23-18-35(30-10-6-3-7-11-30)19-24-39(25-20-35)34(40)29-8-4-2-5-9-29/h2-15,28H,16-26H2,1H3. The fourth-order valence-electron chi connectivity index (χ4n) is 6.58. The van der Waals surface area contributed by atoms with Crippen molar-refractivity contribution >= 4 is 5.91 Å². The number of nitrogens with zero attached hydrogens (tertiary/aromatic N) is 4. The second kappa shape index (κ2) is 12.9. The number of amides is 1. The topological polar surface area (TPSA) is 71.7 Å². The molecule has 2 aliphatic heterocycles. The van der Waals surface area contributed by atoms with Gasteiger partial charge in [-0.25, -0.2) is 0 Å². The third-order valence-electron chi connectivity index (χ3n) is 9.26. The summed E-state index contributed by atoms with van der Waals surface area (Å²) in [6.45, 7) is 4.71. The quantitative estimate of drug-likeness (QED) is 0.244. The summed E-state index contributed by atoms with van der Waals surface area (Å²) in [7, 11) is 1.67. The average Bonchev–Trinajstić information content (AvgIpc) is 3.53. The van der Waals surface area contributed by atoms with E-state index in [1.165, 1.54) is 5.56 Å². The molecule has 0 aliphatic carbocycles. The Kier molecular flexibility index (Phi) is 8.65. The van der Waals surface area contributed by atoms with Crippen LogP contribution in [0.15, 0.2) is 89.5 Å². The molecular formula is C35H40N4O3. The second-order valence-electron chi connectivity index (χ2n) is 11.7. The van der Waals surface area contributed by atoms with Crippen molar-refractivity contribution in [1.82, 2.24) is 19.9 Å². The van der Waals surface area contributed by atoms with E-state index in [1.54, 1.807) is 7.11 Å². The van der Waals surface area contributed by atoms with Crippen LogP contribution in [0.5, 0.6) is 5.75 Å². The number of hydrogen-bond donors (Lipinski definition) is 0. The molecule has 0 bridgehead atoms. The second-order valence-corrected chi connectivity index (χ2v) is 11.7. The minimum absolute atomic E-state index is 0.0917. The SMILES string of the molecule is COc1ccc(Cc2noc(C3CCN(CCC4(c5ccccc5)CCN(C(=O)c5ccccc5)CC4)CC3)n2)cc1. The van der Waals surface area contributed by atoms with E-state index in [0.717, 1.165) is 93.4 Å². The number of carbonyl (C=O) groups is 1. The zero-order valence-electron chi connectivity index (χ0n) is 24.5. The van der Waals surface area contributed by atoms with Crippen molar-refractivity contribution in [2.75, 3.05) is 39.8 Å². The summed E-state index contributed by atoms with van der Waals surface area (Å²) in [6, 6.07) is 28.6. The van der Waals surface area contributed by atoms with Crippen molar-refractivity contribution in [3.63, 3.8) is 0 Å². The normalized spacial score (nSPS) is 17.7. The third-order valence-corrected chi connectivity index (χ3v) is 9.26. The monoisotopic (exact) mass is 564 g/mol. The molecule has 7 heteroatoms. The van der Waals surface area contributed by atoms with Gasteiger partial charge in [-0.1, -0.05) is 65.8 Å². The minimum Gasteiger partial charge on any atom is -0.497 e. The molecule has 42 heavy (non-hydrogen) atoms. The summed E-state index contributed by atoms with van der Waals surface area (Å²) in [6.07, 6.45) is 5.80. The number of carbonyl (C=O) groups excluding carboxylic acids is 1. The lowest BCUT2D eigenvalue weighted by Gasteiger charge is -2.44. The smallest absolute Gasteiger partial charge is 0.253 e. The Balaban J connectivity index is 1.03. The van der Waals surface area contributed by atoms with Crippen molar-refractivity contribution in [2.24, 2.45) is 0 Å². The van der Waals surface area contributed by atoms with Crippen LogP contribution in [0.3, 0.4) is 0 Å². The van der Waals surface area contributed by atoms with Gasteiger partial charge in [0.25, 0.3) is 5.91 Å². The Morgan fingerprint density at radius 3 is 2.24 bits per heavy atom. The van der Waals surface area contributed by atoms with Crippen LogP contribution in [0.4, 0.5) is 0 Å². The molecule has 7 nitrogen and oxygen atoms in total. The molecule has 0 atom stereocenters. The lowest BCUT2D eigenvalue weighted by Crippen LogP contribution is -2.47. The van der Waals surface area contributed by atoms with E-state index in [1.807, 2.05) is 59.5 Å². The molecule has 0 N–H and O–H groups in total. The van der Waals surface area contributed by atoms with E-state index in [4.69, 9.17) is 14.2 Å². The molecule has 3 heterocycles. The molecule has 1 amide bonds. The first-order valence-corrected chi connectivity index (χ1v) is 15.2. The average molecular weight is 565 g/mol. The number of rotatable bonds is 9. The summed E-state index contributed by atoms with van der Waals surface area (Å²) in [5.41, 5.74) is 3.42. The Labute approximate surface area is 248 Å². The molecule has 3 aromatic carbocycles. The van der Waals surface area contributed by atoms with E-state index in [0.29, 0.717) is 12.3 Å². The van der Waals surface area contributed by atoms with Crippen LogP contribution in [0, 0.1) is 0 Å². The molecule has 2 saturated heterocycles. The first kappa shape index (κ1) is 28.2. The number of hydrogen-bond acceptors (Lipinski definition) is 6. The number of piperidine rings is 2. The van der Waals surface area contributed by atoms with Crippen molar-refractivity contribution in [3.8, 4) is 5.75 Å². The highest BCUT2D eigenvalue weighted by molar-refractivity contribution is 5.94. The van der Waals surface area contributed by atoms with Crippen molar-refractivity contribution in [1.29, 1.82) is 0 Å². The fourth-order valence-corrected chi connectivity index (χ4v) is 6.58. The zero-order valence-corrected chi connectivity index (χ0v) is 24.5. The van der Waals surface area contributed by atoms with E-state index < -0.39 is 0 Å². The van der Waals surface area contributed by atoms with Gasteiger partial charge in [0.1, 0.15) is 5.75 Å². The van der Waals surface area contributed by atoms with Crippen LogP contribution in [-0.4, -0.2) is 65.7 Å². The van der Waals surface area contributed by atoms with Crippen LogP contribution >= 0.6 is 0 Å². The molecule has 0 unspecified atom stereocenters. The minimum atomic E-state index is 0.0917. The van der Waals surface area contributed by atoms with Crippen LogP contribution in [0.2, 0.25) is 0 Å². The van der Waals surface area contributed by atoms with Crippen LogP contribution in [0.25, 0.3) is 0 Å². The molecule has 2 fully saturated rings. The van der Waals surface area contributed by atoms with E-state index in [2.05, 4.69) is 40.4 Å². The maximum atomic E-state index is 13.1. The van der Waals surface area contributed by atoms with Gasteiger partial charge in [-0.2, -0.15) is 4.98 Å². The lowest BCUT2D eigenvalue weighted by molar-refractivity contribution is 0.0644. The molecular weight excluding hydrogens is 524 g/mol. The van der Waals surface area contributed by atoms with Crippen LogP contribution < -0.4 is 4.74 Å². The first-order valence-electron chi connectivity index (χ1n) is 15.2. The Bertz CT molecular complexity index is 1420. The maximum absolute atomic E-state index is 13.1. The summed E-state index contributed by atoms with van der Waals surface area (Å²) in [5, 5.41) is 4.27. The van der Waals surface area contributed by atoms with Crippen LogP contribution in [0.1, 0.15) is 71.2 Å². The molecule has 0 radical (unpaired) electrons.